The summed E-state index contributed by atoms with van der Waals surface area (Å²) >= 11 is 2.13. The van der Waals surface area contributed by atoms with Crippen LogP contribution in [0.3, 0.4) is 0 Å². The van der Waals surface area contributed by atoms with Crippen LogP contribution >= 0.6 is 22.6 Å². The highest BCUT2D eigenvalue weighted by Crippen LogP contribution is 2.24. The van der Waals surface area contributed by atoms with Crippen molar-refractivity contribution < 1.29 is 4.92 Å². The Kier molecular flexibility index (Phi) is 4.46. The molecule has 0 atom stereocenters. The summed E-state index contributed by atoms with van der Waals surface area (Å²) in [4.78, 5) is 10.6. The van der Waals surface area contributed by atoms with E-state index in [2.05, 4.69) is 39.8 Å². The van der Waals surface area contributed by atoms with Crippen LogP contribution in [0.15, 0.2) is 24.3 Å². The fourth-order valence-electron chi connectivity index (χ4n) is 1.75. The van der Waals surface area contributed by atoms with Crippen molar-refractivity contribution in [3.8, 4) is 5.69 Å². The van der Waals surface area contributed by atoms with Crippen LogP contribution in [0, 0.1) is 13.8 Å². The van der Waals surface area contributed by atoms with Gasteiger partial charge in [0, 0.05) is 6.07 Å². The van der Waals surface area contributed by atoms with E-state index in [1.54, 1.807) is 18.2 Å². The van der Waals surface area contributed by atoms with Crippen molar-refractivity contribution >= 4 is 28.3 Å². The van der Waals surface area contributed by atoms with Crippen LogP contribution in [0.4, 0.5) is 5.69 Å². The molecule has 0 saturated heterocycles. The summed E-state index contributed by atoms with van der Waals surface area (Å²) in [5.74, 6) is 0. The van der Waals surface area contributed by atoms with Gasteiger partial charge in [0.2, 0.25) is 0 Å². The molecular weight excluding hydrogens is 359 g/mol. The fraction of sp³-hybridized carbons (Fsp3) is 0.333. The van der Waals surface area contributed by atoms with Gasteiger partial charge in [-0.3, -0.25) is 10.1 Å². The second-order valence-corrected chi connectivity index (χ2v) is 5.11. The zero-order chi connectivity index (χ0) is 13.8. The molecule has 2 aromatic rings. The first kappa shape index (κ1) is 13.9. The van der Waals surface area contributed by atoms with E-state index in [1.165, 1.54) is 10.7 Å². The number of para-hydroxylation sites is 2. The van der Waals surface area contributed by atoms with Gasteiger partial charge in [0.25, 0.3) is 5.69 Å². The maximum Gasteiger partial charge on any atom is 0.294 e. The highest BCUT2D eigenvalue weighted by molar-refractivity contribution is 14.1. The van der Waals surface area contributed by atoms with Crippen molar-refractivity contribution in [1.29, 1.82) is 0 Å². The van der Waals surface area contributed by atoms with Crippen LogP contribution < -0.4 is 0 Å². The Morgan fingerprint density at radius 2 is 2.16 bits per heavy atom. The topological polar surface area (TPSA) is 73.8 Å². The van der Waals surface area contributed by atoms with Gasteiger partial charge in [0.1, 0.15) is 9.39 Å². The molecule has 0 amide bonds. The number of benzene rings is 1. The van der Waals surface area contributed by atoms with Crippen LogP contribution in [0.5, 0.6) is 0 Å². The summed E-state index contributed by atoms with van der Waals surface area (Å²) in [7, 11) is 0. The van der Waals surface area contributed by atoms with E-state index < -0.39 is 4.92 Å². The standard InChI is InChI=1S/C12H13IN4O2/c1-2-3-6-9-12(13)16(15-14-9)10-7-4-5-8-11(10)17(18)19/h4-5,7-8H,2-3,6H2,1H3. The average molecular weight is 372 g/mol. The number of hydrogen-bond donors (Lipinski definition) is 0. The lowest BCUT2D eigenvalue weighted by atomic mass is 10.2. The first-order valence-electron chi connectivity index (χ1n) is 5.99. The molecule has 0 unspecified atom stereocenters. The molecule has 0 fully saturated rings. The van der Waals surface area contributed by atoms with Crippen LogP contribution in [0.2, 0.25) is 0 Å². The largest absolute Gasteiger partial charge is 0.294 e. The zero-order valence-electron chi connectivity index (χ0n) is 10.4. The zero-order valence-corrected chi connectivity index (χ0v) is 12.6. The molecule has 1 aromatic heterocycles. The van der Waals surface area contributed by atoms with E-state index in [4.69, 9.17) is 0 Å². The highest BCUT2D eigenvalue weighted by Gasteiger charge is 2.19. The van der Waals surface area contributed by atoms with E-state index in [1.807, 2.05) is 0 Å². The van der Waals surface area contributed by atoms with E-state index in [9.17, 15) is 10.1 Å². The number of nitro groups is 1. The lowest BCUT2D eigenvalue weighted by Gasteiger charge is -2.03. The predicted octanol–water partition coefficient (Wildman–Crippen LogP) is 3.12. The van der Waals surface area contributed by atoms with Crippen LogP contribution in [0.1, 0.15) is 25.5 Å². The molecule has 1 aromatic carbocycles. The molecule has 0 radical (unpaired) electrons. The SMILES string of the molecule is CCCCc1nnn(-c2ccccc2[N+](=O)[O-])c1I. The van der Waals surface area contributed by atoms with Gasteiger partial charge in [-0.1, -0.05) is 30.7 Å². The number of unbranched alkanes of at least 4 members (excludes halogenated alkanes) is 1. The van der Waals surface area contributed by atoms with Crippen molar-refractivity contribution in [3.63, 3.8) is 0 Å². The molecule has 0 aliphatic carbocycles. The first-order valence-corrected chi connectivity index (χ1v) is 7.07. The molecule has 0 aliphatic rings. The Labute approximate surface area is 124 Å². The quantitative estimate of drug-likeness (QED) is 0.459. The summed E-state index contributed by atoms with van der Waals surface area (Å²) in [6, 6.07) is 6.55. The Morgan fingerprint density at radius 3 is 2.84 bits per heavy atom. The third-order valence-corrected chi connectivity index (χ3v) is 3.83. The lowest BCUT2D eigenvalue weighted by Crippen LogP contribution is -2.03. The molecule has 0 N–H and O–H groups in total. The number of rotatable bonds is 5. The molecule has 0 saturated carbocycles. The first-order chi connectivity index (χ1) is 9.15. The Bertz CT molecular complexity index is 597. The minimum absolute atomic E-state index is 0.0346. The van der Waals surface area contributed by atoms with Crippen molar-refractivity contribution in [3.05, 3.63) is 43.8 Å². The minimum atomic E-state index is -0.404. The minimum Gasteiger partial charge on any atom is -0.258 e. The third kappa shape index (κ3) is 2.91. The van der Waals surface area contributed by atoms with E-state index in [0.717, 1.165) is 28.7 Å². The molecule has 0 bridgehead atoms. The second kappa shape index (κ2) is 6.09. The van der Waals surface area contributed by atoms with Crippen LogP contribution in [-0.4, -0.2) is 19.9 Å². The second-order valence-electron chi connectivity index (χ2n) is 4.09. The van der Waals surface area contributed by atoms with Crippen molar-refractivity contribution in [2.45, 2.75) is 26.2 Å². The molecule has 100 valence electrons. The van der Waals surface area contributed by atoms with Crippen LogP contribution in [0.25, 0.3) is 5.69 Å². The summed E-state index contributed by atoms with van der Waals surface area (Å²) in [6.07, 6.45) is 2.95. The number of nitrogens with zero attached hydrogens (tertiary/aromatic N) is 4. The molecule has 1 heterocycles. The number of nitro benzene ring substituents is 1. The van der Waals surface area contributed by atoms with Crippen molar-refractivity contribution in [2.75, 3.05) is 0 Å². The van der Waals surface area contributed by atoms with Crippen molar-refractivity contribution in [2.24, 2.45) is 0 Å². The lowest BCUT2D eigenvalue weighted by molar-refractivity contribution is -0.384. The fourth-order valence-corrected chi connectivity index (χ4v) is 2.48. The average Bonchev–Trinajstić information content (AvgIpc) is 2.77. The van der Waals surface area contributed by atoms with Gasteiger partial charge >= 0.3 is 0 Å². The summed E-state index contributed by atoms with van der Waals surface area (Å²) in [6.45, 7) is 2.11. The predicted molar refractivity (Wildman–Crippen MR) is 79.3 cm³/mol. The maximum absolute atomic E-state index is 11.0. The molecule has 6 nitrogen and oxygen atoms in total. The Hall–Kier alpha value is -1.51. The highest BCUT2D eigenvalue weighted by atomic mass is 127. The van der Waals surface area contributed by atoms with Gasteiger partial charge < -0.3 is 0 Å². The normalized spacial score (nSPS) is 10.6. The molecule has 7 heteroatoms. The molecule has 0 aliphatic heterocycles. The molecule has 19 heavy (non-hydrogen) atoms. The van der Waals surface area contributed by atoms with Gasteiger partial charge in [-0.2, -0.15) is 0 Å². The Balaban J connectivity index is 2.43. The molecule has 2 rings (SSSR count). The van der Waals surface area contributed by atoms with Crippen LogP contribution in [-0.2, 0) is 6.42 Å². The van der Waals surface area contributed by atoms with E-state index >= 15 is 0 Å². The van der Waals surface area contributed by atoms with Gasteiger partial charge in [-0.05, 0) is 41.5 Å². The molecule has 0 spiro atoms. The Morgan fingerprint density at radius 1 is 1.42 bits per heavy atom. The molecular formula is C12H13IN4O2. The van der Waals surface area contributed by atoms with Crippen molar-refractivity contribution in [1.82, 2.24) is 15.0 Å². The van der Waals surface area contributed by atoms with Gasteiger partial charge in [0.05, 0.1) is 10.6 Å². The number of aryl methyl sites for hydroxylation is 1. The van der Waals surface area contributed by atoms with E-state index in [-0.39, 0.29) is 5.69 Å². The number of aromatic nitrogens is 3. The maximum atomic E-state index is 11.0. The van der Waals surface area contributed by atoms with E-state index in [0.29, 0.717) is 5.69 Å². The van der Waals surface area contributed by atoms with Gasteiger partial charge in [0.15, 0.2) is 0 Å². The monoisotopic (exact) mass is 372 g/mol. The smallest absolute Gasteiger partial charge is 0.258 e. The number of hydrogen-bond acceptors (Lipinski definition) is 4. The third-order valence-electron chi connectivity index (χ3n) is 2.75. The van der Waals surface area contributed by atoms with Gasteiger partial charge in [-0.25, -0.2) is 4.68 Å². The summed E-state index contributed by atoms with van der Waals surface area (Å²) < 4.78 is 2.37. The number of halogens is 1. The summed E-state index contributed by atoms with van der Waals surface area (Å²) in [5.41, 5.74) is 1.38. The van der Waals surface area contributed by atoms with Gasteiger partial charge in [-0.15, -0.1) is 5.10 Å². The summed E-state index contributed by atoms with van der Waals surface area (Å²) in [5, 5.41) is 19.2.